The first kappa shape index (κ1) is 15.7. The molecule has 3 rings (SSSR count). The highest BCUT2D eigenvalue weighted by Crippen LogP contribution is 2.29. The molecule has 1 aliphatic carbocycles. The largest absolute Gasteiger partial charge is 0.483 e. The summed E-state index contributed by atoms with van der Waals surface area (Å²) in [7, 11) is 0. The SMILES string of the molecule is N#Cc1c(F)ccc(OCc2nc3c(s2)C=CCC(Cl)=C3)c1F. The first-order valence-electron chi connectivity index (χ1n) is 6.61. The number of rotatable bonds is 3. The van der Waals surface area contributed by atoms with Crippen molar-refractivity contribution in [1.29, 1.82) is 5.26 Å². The Labute approximate surface area is 140 Å². The summed E-state index contributed by atoms with van der Waals surface area (Å²) in [6.45, 7) is 0.0182. The van der Waals surface area contributed by atoms with Crippen LogP contribution in [-0.4, -0.2) is 4.98 Å². The number of nitriles is 1. The van der Waals surface area contributed by atoms with Crippen molar-refractivity contribution in [2.75, 3.05) is 0 Å². The molecule has 0 saturated heterocycles. The number of ether oxygens (including phenoxy) is 1. The lowest BCUT2D eigenvalue weighted by Gasteiger charge is -2.06. The number of hydrogen-bond donors (Lipinski definition) is 0. The lowest BCUT2D eigenvalue weighted by atomic mass is 10.2. The topological polar surface area (TPSA) is 45.9 Å². The normalized spacial score (nSPS) is 13.0. The van der Waals surface area contributed by atoms with Crippen LogP contribution in [0.3, 0.4) is 0 Å². The van der Waals surface area contributed by atoms with Gasteiger partial charge in [0.25, 0.3) is 0 Å². The average molecular weight is 351 g/mol. The number of nitrogens with zero attached hydrogens (tertiary/aromatic N) is 2. The first-order valence-corrected chi connectivity index (χ1v) is 7.81. The van der Waals surface area contributed by atoms with E-state index in [9.17, 15) is 8.78 Å². The van der Waals surface area contributed by atoms with Crippen molar-refractivity contribution >= 4 is 35.1 Å². The molecule has 1 aromatic heterocycles. The van der Waals surface area contributed by atoms with Gasteiger partial charge in [-0.15, -0.1) is 11.3 Å². The number of benzene rings is 1. The molecule has 3 nitrogen and oxygen atoms in total. The lowest BCUT2D eigenvalue weighted by molar-refractivity contribution is 0.288. The Kier molecular flexibility index (Phi) is 4.42. The summed E-state index contributed by atoms with van der Waals surface area (Å²) in [5, 5.41) is 10.1. The molecule has 1 aliphatic rings. The second-order valence-electron chi connectivity index (χ2n) is 4.69. The van der Waals surface area contributed by atoms with Gasteiger partial charge in [-0.2, -0.15) is 5.26 Å². The predicted octanol–water partition coefficient (Wildman–Crippen LogP) is 4.87. The summed E-state index contributed by atoms with van der Waals surface area (Å²) in [6.07, 6.45) is 6.30. The number of hydrogen-bond acceptors (Lipinski definition) is 4. The predicted molar refractivity (Wildman–Crippen MR) is 85.0 cm³/mol. The summed E-state index contributed by atoms with van der Waals surface area (Å²) in [4.78, 5) is 5.33. The van der Waals surface area contributed by atoms with Crippen LogP contribution in [0.5, 0.6) is 5.75 Å². The quantitative estimate of drug-likeness (QED) is 0.793. The lowest BCUT2D eigenvalue weighted by Crippen LogP contribution is -2.00. The molecule has 0 saturated carbocycles. The van der Waals surface area contributed by atoms with E-state index in [2.05, 4.69) is 4.98 Å². The van der Waals surface area contributed by atoms with E-state index in [1.165, 1.54) is 17.4 Å². The van der Waals surface area contributed by atoms with Crippen LogP contribution in [0, 0.1) is 23.0 Å². The van der Waals surface area contributed by atoms with Gasteiger partial charge in [-0.05, 0) is 24.3 Å². The highest BCUT2D eigenvalue weighted by atomic mass is 35.5. The van der Waals surface area contributed by atoms with E-state index < -0.39 is 17.2 Å². The summed E-state index contributed by atoms with van der Waals surface area (Å²) in [5.74, 6) is -2.10. The monoisotopic (exact) mass is 350 g/mol. The van der Waals surface area contributed by atoms with E-state index in [1.807, 2.05) is 12.2 Å². The maximum absolute atomic E-state index is 13.9. The zero-order chi connectivity index (χ0) is 16.4. The number of thiazole rings is 1. The average Bonchev–Trinajstić information content (AvgIpc) is 2.80. The fourth-order valence-corrected chi connectivity index (χ4v) is 3.13. The van der Waals surface area contributed by atoms with Crippen LogP contribution < -0.4 is 4.74 Å². The third-order valence-electron chi connectivity index (χ3n) is 3.12. The molecule has 0 radical (unpaired) electrons. The summed E-state index contributed by atoms with van der Waals surface area (Å²) in [6, 6.07) is 3.63. The van der Waals surface area contributed by atoms with E-state index in [0.29, 0.717) is 16.5 Å². The highest BCUT2D eigenvalue weighted by Gasteiger charge is 2.16. The van der Waals surface area contributed by atoms with Crippen molar-refractivity contribution in [3.8, 4) is 11.8 Å². The van der Waals surface area contributed by atoms with Gasteiger partial charge >= 0.3 is 0 Å². The van der Waals surface area contributed by atoms with Gasteiger partial charge in [-0.1, -0.05) is 17.7 Å². The van der Waals surface area contributed by atoms with Gasteiger partial charge in [0.05, 0.1) is 10.6 Å². The fraction of sp³-hybridized carbons (Fsp3) is 0.125. The highest BCUT2D eigenvalue weighted by molar-refractivity contribution is 7.12. The van der Waals surface area contributed by atoms with Crippen molar-refractivity contribution in [2.45, 2.75) is 13.0 Å². The van der Waals surface area contributed by atoms with Crippen LogP contribution in [-0.2, 0) is 6.61 Å². The van der Waals surface area contributed by atoms with Crippen molar-refractivity contribution in [3.05, 3.63) is 56.0 Å². The smallest absolute Gasteiger partial charge is 0.185 e. The fourth-order valence-electron chi connectivity index (χ4n) is 2.05. The zero-order valence-corrected chi connectivity index (χ0v) is 13.2. The molecule has 0 unspecified atom stereocenters. The van der Waals surface area contributed by atoms with E-state index in [1.54, 1.807) is 6.08 Å². The van der Waals surface area contributed by atoms with Crippen molar-refractivity contribution in [2.24, 2.45) is 0 Å². The second-order valence-corrected chi connectivity index (χ2v) is 6.29. The molecular weight excluding hydrogens is 342 g/mol. The third-order valence-corrected chi connectivity index (χ3v) is 4.39. The van der Waals surface area contributed by atoms with Gasteiger partial charge in [-0.25, -0.2) is 13.8 Å². The number of fused-ring (bicyclic) bond motifs is 1. The zero-order valence-electron chi connectivity index (χ0n) is 11.6. The first-order chi connectivity index (χ1) is 11.1. The molecule has 0 bridgehead atoms. The maximum Gasteiger partial charge on any atom is 0.185 e. The number of aromatic nitrogens is 1. The molecule has 23 heavy (non-hydrogen) atoms. The Balaban J connectivity index is 1.81. The standard InChI is InChI=1S/C16H9ClF2N2OS/c17-9-2-1-3-14-12(6-9)21-15(23-14)8-22-13-5-4-11(18)10(7-20)16(13)19/h1,3-6H,2,8H2. The van der Waals surface area contributed by atoms with Crippen LogP contribution in [0.25, 0.3) is 12.2 Å². The Hall–Kier alpha value is -2.23. The van der Waals surface area contributed by atoms with Crippen molar-refractivity contribution < 1.29 is 13.5 Å². The minimum atomic E-state index is -1.01. The van der Waals surface area contributed by atoms with Crippen LogP contribution >= 0.6 is 22.9 Å². The van der Waals surface area contributed by atoms with Crippen LogP contribution in [0.4, 0.5) is 8.78 Å². The third kappa shape index (κ3) is 3.26. The summed E-state index contributed by atoms with van der Waals surface area (Å²) in [5.41, 5.74) is 0.0831. The van der Waals surface area contributed by atoms with Gasteiger partial charge in [0.1, 0.15) is 29.1 Å². The molecule has 0 atom stereocenters. The van der Waals surface area contributed by atoms with Gasteiger partial charge < -0.3 is 4.74 Å². The van der Waals surface area contributed by atoms with Crippen molar-refractivity contribution in [3.63, 3.8) is 0 Å². The van der Waals surface area contributed by atoms with Gasteiger partial charge in [0.15, 0.2) is 11.6 Å². The maximum atomic E-state index is 13.9. The van der Waals surface area contributed by atoms with Crippen LogP contribution in [0.1, 0.15) is 27.6 Å². The Bertz CT molecular complexity index is 868. The minimum absolute atomic E-state index is 0.0182. The second kappa shape index (κ2) is 6.49. The molecule has 7 heteroatoms. The van der Waals surface area contributed by atoms with Gasteiger partial charge in [0.2, 0.25) is 0 Å². The van der Waals surface area contributed by atoms with Crippen LogP contribution in [0.2, 0.25) is 0 Å². The molecule has 1 aromatic carbocycles. The summed E-state index contributed by atoms with van der Waals surface area (Å²) >= 11 is 7.43. The number of halogens is 3. The molecule has 0 aliphatic heterocycles. The Morgan fingerprint density at radius 1 is 1.39 bits per heavy atom. The van der Waals surface area contributed by atoms with Gasteiger partial charge in [0, 0.05) is 11.5 Å². The molecule has 0 spiro atoms. The Morgan fingerprint density at radius 2 is 2.22 bits per heavy atom. The van der Waals surface area contributed by atoms with E-state index in [-0.39, 0.29) is 12.4 Å². The van der Waals surface area contributed by atoms with Crippen LogP contribution in [0.15, 0.2) is 23.2 Å². The molecule has 0 fully saturated rings. The van der Waals surface area contributed by atoms with E-state index in [4.69, 9.17) is 21.6 Å². The van der Waals surface area contributed by atoms with E-state index in [0.717, 1.165) is 22.7 Å². The molecular formula is C16H9ClF2N2OS. The van der Waals surface area contributed by atoms with Crippen molar-refractivity contribution in [1.82, 2.24) is 4.98 Å². The molecule has 0 amide bonds. The number of allylic oxidation sites excluding steroid dienone is 2. The minimum Gasteiger partial charge on any atom is -0.483 e. The molecule has 1 heterocycles. The van der Waals surface area contributed by atoms with Gasteiger partial charge in [-0.3, -0.25) is 0 Å². The molecule has 2 aromatic rings. The Morgan fingerprint density at radius 3 is 3.00 bits per heavy atom. The molecule has 0 N–H and O–H groups in total. The summed E-state index contributed by atoms with van der Waals surface area (Å²) < 4.78 is 32.5. The molecule has 116 valence electrons. The van der Waals surface area contributed by atoms with E-state index >= 15 is 0 Å².